The van der Waals surface area contributed by atoms with Gasteiger partial charge in [0.2, 0.25) is 0 Å². The van der Waals surface area contributed by atoms with Gasteiger partial charge in [-0.3, -0.25) is 9.40 Å². The van der Waals surface area contributed by atoms with Gasteiger partial charge in [0.05, 0.1) is 17.9 Å². The molecule has 1 aromatic carbocycles. The van der Waals surface area contributed by atoms with Crippen LogP contribution in [0.15, 0.2) is 53.8 Å². The van der Waals surface area contributed by atoms with Crippen molar-refractivity contribution in [3.05, 3.63) is 66.1 Å². The molecule has 1 unspecified atom stereocenters. The number of aromatic nitrogens is 3. The zero-order valence-corrected chi connectivity index (χ0v) is 17.5. The summed E-state index contributed by atoms with van der Waals surface area (Å²) in [5, 5.41) is 7.37. The first-order valence-corrected chi connectivity index (χ1v) is 10.5. The molecule has 2 aromatic heterocycles. The predicted molar refractivity (Wildman–Crippen MR) is 110 cm³/mol. The number of rotatable bonds is 8. The second kappa shape index (κ2) is 8.76. The van der Waals surface area contributed by atoms with E-state index in [1.165, 1.54) is 18.3 Å². The fraction of sp³-hybridized carbons (Fsp3) is 0.263. The van der Waals surface area contributed by atoms with Crippen LogP contribution in [0.1, 0.15) is 11.6 Å². The zero-order valence-electron chi connectivity index (χ0n) is 16.7. The Bertz CT molecular complexity index is 1120. The van der Waals surface area contributed by atoms with Gasteiger partial charge in [-0.05, 0) is 38.4 Å². The molecule has 3 aromatic rings. The molecule has 8 nitrogen and oxygen atoms in total. The van der Waals surface area contributed by atoms with Crippen molar-refractivity contribution >= 4 is 21.5 Å². The lowest BCUT2D eigenvalue weighted by Gasteiger charge is -2.23. The van der Waals surface area contributed by atoms with Gasteiger partial charge in [0, 0.05) is 37.6 Å². The molecule has 0 saturated carbocycles. The average molecular weight is 436 g/mol. The highest BCUT2D eigenvalue weighted by Crippen LogP contribution is 2.20. The predicted octanol–water partition coefficient (Wildman–Crippen LogP) is 2.61. The third kappa shape index (κ3) is 5.10. The van der Waals surface area contributed by atoms with Gasteiger partial charge in [-0.1, -0.05) is 0 Å². The average Bonchev–Trinajstić information content (AvgIpc) is 3.11. The minimum Gasteiger partial charge on any atom is -0.368 e. The van der Waals surface area contributed by atoms with Gasteiger partial charge < -0.3 is 10.2 Å². The van der Waals surface area contributed by atoms with Crippen LogP contribution in [0.5, 0.6) is 0 Å². The maximum absolute atomic E-state index is 13.3. The van der Waals surface area contributed by atoms with Gasteiger partial charge in [-0.2, -0.15) is 5.10 Å². The number of nitrogens with zero attached hydrogens (tertiary/aromatic N) is 4. The van der Waals surface area contributed by atoms with Gasteiger partial charge in [0.25, 0.3) is 10.0 Å². The molecule has 0 saturated heterocycles. The van der Waals surface area contributed by atoms with Gasteiger partial charge >= 0.3 is 0 Å². The van der Waals surface area contributed by atoms with Crippen molar-refractivity contribution in [1.82, 2.24) is 19.7 Å². The van der Waals surface area contributed by atoms with Crippen LogP contribution < -0.4 is 10.0 Å². The molecule has 0 fully saturated rings. The lowest BCUT2D eigenvalue weighted by Crippen LogP contribution is -2.26. The minimum atomic E-state index is -3.99. The fourth-order valence-electron chi connectivity index (χ4n) is 2.83. The highest BCUT2D eigenvalue weighted by Gasteiger charge is 2.18. The van der Waals surface area contributed by atoms with Crippen molar-refractivity contribution in [3.8, 4) is 0 Å². The highest BCUT2D eigenvalue weighted by molar-refractivity contribution is 7.92. The summed E-state index contributed by atoms with van der Waals surface area (Å²) in [4.78, 5) is 6.08. The van der Waals surface area contributed by atoms with Crippen molar-refractivity contribution in [1.29, 1.82) is 0 Å². The molecule has 30 heavy (non-hydrogen) atoms. The first-order valence-electron chi connectivity index (χ1n) is 8.98. The van der Waals surface area contributed by atoms with E-state index >= 15 is 0 Å². The number of hydrogen-bond donors (Lipinski definition) is 2. The summed E-state index contributed by atoms with van der Waals surface area (Å²) in [6.45, 7) is 0.533. The second-order valence-corrected chi connectivity index (χ2v) is 8.60. The molecule has 11 heteroatoms. The monoisotopic (exact) mass is 436 g/mol. The molecule has 0 bridgehead atoms. The summed E-state index contributed by atoms with van der Waals surface area (Å²) in [5.74, 6) is -1.70. The van der Waals surface area contributed by atoms with Crippen LogP contribution in [0, 0.1) is 11.6 Å². The van der Waals surface area contributed by atoms with Crippen molar-refractivity contribution in [2.45, 2.75) is 10.9 Å². The van der Waals surface area contributed by atoms with Gasteiger partial charge in [-0.15, -0.1) is 0 Å². The number of likely N-dealkylation sites (N-methyl/N-ethyl adjacent to an activating group) is 1. The van der Waals surface area contributed by atoms with E-state index in [9.17, 15) is 17.2 Å². The third-order valence-corrected chi connectivity index (χ3v) is 5.79. The molecule has 1 atom stereocenters. The van der Waals surface area contributed by atoms with Crippen LogP contribution in [0.25, 0.3) is 0 Å². The van der Waals surface area contributed by atoms with E-state index in [-0.39, 0.29) is 16.6 Å². The van der Waals surface area contributed by atoms with Crippen LogP contribution in [-0.2, 0) is 17.1 Å². The Morgan fingerprint density at radius 1 is 1.13 bits per heavy atom. The normalized spacial score (nSPS) is 12.7. The Kier molecular flexibility index (Phi) is 6.32. The van der Waals surface area contributed by atoms with Crippen molar-refractivity contribution in [2.24, 2.45) is 7.05 Å². The number of nitrogens with one attached hydrogen (secondary N) is 2. The Morgan fingerprint density at radius 3 is 2.47 bits per heavy atom. The van der Waals surface area contributed by atoms with E-state index in [1.54, 1.807) is 10.9 Å². The molecular formula is C19H22F2N6O2S. The van der Waals surface area contributed by atoms with Crippen LogP contribution in [0.4, 0.5) is 20.3 Å². The number of halogens is 2. The molecular weight excluding hydrogens is 414 g/mol. The Morgan fingerprint density at radius 2 is 1.90 bits per heavy atom. The Balaban J connectivity index is 1.68. The van der Waals surface area contributed by atoms with Crippen LogP contribution in [0.3, 0.4) is 0 Å². The maximum atomic E-state index is 13.3. The molecule has 2 N–H and O–H groups in total. The van der Waals surface area contributed by atoms with Crippen LogP contribution in [-0.4, -0.2) is 48.7 Å². The van der Waals surface area contributed by atoms with Crippen molar-refractivity contribution in [2.75, 3.05) is 30.7 Å². The number of benzene rings is 1. The van der Waals surface area contributed by atoms with E-state index < -0.39 is 21.7 Å². The summed E-state index contributed by atoms with van der Waals surface area (Å²) in [7, 11) is 1.75. The standard InChI is InChI=1S/C19H22F2N6O2S/c1-26(2)18(13-9-24-27(3)12-13)11-23-19-7-5-15(10-22-19)30(28,29)25-14-4-6-16(20)17(21)8-14/h4-10,12,18,25H,11H2,1-3H3,(H,22,23). The van der Waals surface area contributed by atoms with E-state index in [4.69, 9.17) is 0 Å². The van der Waals surface area contributed by atoms with Gasteiger partial charge in [-0.25, -0.2) is 22.2 Å². The molecule has 0 aliphatic rings. The molecule has 0 spiro atoms. The largest absolute Gasteiger partial charge is 0.368 e. The van der Waals surface area contributed by atoms with Crippen molar-refractivity contribution < 1.29 is 17.2 Å². The number of hydrogen-bond acceptors (Lipinski definition) is 6. The molecule has 2 heterocycles. The molecule has 0 radical (unpaired) electrons. The van der Waals surface area contributed by atoms with Crippen LogP contribution >= 0.6 is 0 Å². The minimum absolute atomic E-state index is 0.0407. The first-order chi connectivity index (χ1) is 14.2. The molecule has 0 amide bonds. The Hall–Kier alpha value is -3.05. The number of aryl methyl sites for hydroxylation is 1. The summed E-state index contributed by atoms with van der Waals surface area (Å²) in [5.41, 5.74) is 0.950. The Labute approximate surface area is 173 Å². The zero-order chi connectivity index (χ0) is 21.9. The third-order valence-electron chi connectivity index (χ3n) is 4.43. The smallest absolute Gasteiger partial charge is 0.263 e. The van der Waals surface area contributed by atoms with E-state index in [0.29, 0.717) is 12.4 Å². The second-order valence-electron chi connectivity index (χ2n) is 6.92. The summed E-state index contributed by atoms with van der Waals surface area (Å²) in [6.07, 6.45) is 4.91. The maximum Gasteiger partial charge on any atom is 0.263 e. The summed E-state index contributed by atoms with van der Waals surface area (Å²) in [6, 6.07) is 5.72. The number of pyridine rings is 1. The lowest BCUT2D eigenvalue weighted by molar-refractivity contribution is 0.311. The molecule has 0 aliphatic carbocycles. The first kappa shape index (κ1) is 21.7. The quantitative estimate of drug-likeness (QED) is 0.564. The van der Waals surface area contributed by atoms with Crippen LogP contribution in [0.2, 0.25) is 0 Å². The van der Waals surface area contributed by atoms with E-state index in [0.717, 1.165) is 23.8 Å². The van der Waals surface area contributed by atoms with E-state index in [2.05, 4.69) is 20.1 Å². The molecule has 3 rings (SSSR count). The number of sulfonamides is 1. The number of anilines is 2. The summed E-state index contributed by atoms with van der Waals surface area (Å²) >= 11 is 0. The topological polar surface area (TPSA) is 92.2 Å². The molecule has 0 aliphatic heterocycles. The SMILES string of the molecule is CN(C)C(CNc1ccc(S(=O)(=O)Nc2ccc(F)c(F)c2)cn1)c1cnn(C)c1. The molecule has 160 valence electrons. The fourth-order valence-corrected chi connectivity index (χ4v) is 3.82. The van der Waals surface area contributed by atoms with Crippen molar-refractivity contribution in [3.63, 3.8) is 0 Å². The lowest BCUT2D eigenvalue weighted by atomic mass is 10.1. The van der Waals surface area contributed by atoms with Gasteiger partial charge in [0.15, 0.2) is 11.6 Å². The highest BCUT2D eigenvalue weighted by atomic mass is 32.2. The van der Waals surface area contributed by atoms with E-state index in [1.807, 2.05) is 32.2 Å². The van der Waals surface area contributed by atoms with Gasteiger partial charge in [0.1, 0.15) is 10.7 Å². The summed E-state index contributed by atoms with van der Waals surface area (Å²) < 4.78 is 55.1.